The molecule has 0 aromatic heterocycles. The van der Waals surface area contributed by atoms with Crippen molar-refractivity contribution in [1.82, 2.24) is 4.90 Å². The minimum atomic E-state index is -0.215. The summed E-state index contributed by atoms with van der Waals surface area (Å²) in [5.74, 6) is 0.192. The van der Waals surface area contributed by atoms with E-state index < -0.39 is 0 Å². The Labute approximate surface area is 183 Å². The molecule has 1 atom stereocenters. The van der Waals surface area contributed by atoms with E-state index in [1.54, 1.807) is 0 Å². The second-order valence-electron chi connectivity index (χ2n) is 7.96. The molecule has 0 N–H and O–H groups in total. The number of rotatable bonds is 12. The van der Waals surface area contributed by atoms with Crippen LogP contribution >= 0.6 is 0 Å². The van der Waals surface area contributed by atoms with Crippen molar-refractivity contribution in [2.75, 3.05) is 6.54 Å². The van der Waals surface area contributed by atoms with Crippen LogP contribution in [-0.4, -0.2) is 23.8 Å². The SMILES string of the molecule is C=C/C(=C\C=C(/C)C1=C(C#N)C=CC=CC1)CN(C(=C)CCCC)C(C=O)C(C)C. The van der Waals surface area contributed by atoms with Gasteiger partial charge in [0.15, 0.2) is 0 Å². The average molecular weight is 405 g/mol. The van der Waals surface area contributed by atoms with Crippen LogP contribution in [0.15, 0.2) is 83.7 Å². The second-order valence-corrected chi connectivity index (χ2v) is 7.96. The number of carbonyl (C=O) groups is 1. The molecule has 3 heteroatoms. The summed E-state index contributed by atoms with van der Waals surface area (Å²) in [5, 5.41) is 9.45. The molecule has 0 aliphatic heterocycles. The molecule has 0 spiro atoms. The van der Waals surface area contributed by atoms with E-state index in [1.807, 2.05) is 43.4 Å². The van der Waals surface area contributed by atoms with Crippen LogP contribution in [-0.2, 0) is 4.79 Å². The van der Waals surface area contributed by atoms with E-state index in [-0.39, 0.29) is 12.0 Å². The van der Waals surface area contributed by atoms with Gasteiger partial charge >= 0.3 is 0 Å². The Kier molecular flexibility index (Phi) is 11.2. The van der Waals surface area contributed by atoms with E-state index in [1.165, 1.54) is 0 Å². The molecule has 30 heavy (non-hydrogen) atoms. The fourth-order valence-corrected chi connectivity index (χ4v) is 3.36. The molecule has 0 radical (unpaired) electrons. The number of hydrogen-bond acceptors (Lipinski definition) is 3. The van der Waals surface area contributed by atoms with Crippen LogP contribution in [0, 0.1) is 17.2 Å². The van der Waals surface area contributed by atoms with E-state index in [0.717, 1.165) is 54.4 Å². The predicted molar refractivity (Wildman–Crippen MR) is 128 cm³/mol. The van der Waals surface area contributed by atoms with Crippen molar-refractivity contribution >= 4 is 6.29 Å². The van der Waals surface area contributed by atoms with Crippen LogP contribution in [0.5, 0.6) is 0 Å². The van der Waals surface area contributed by atoms with Crippen molar-refractivity contribution in [3.63, 3.8) is 0 Å². The summed E-state index contributed by atoms with van der Waals surface area (Å²) in [6.45, 7) is 17.1. The molecule has 160 valence electrons. The molecule has 1 rings (SSSR count). The molecule has 0 bridgehead atoms. The standard InChI is InChI=1S/C27H36N2O/c1-7-9-13-23(6)29(27(20-30)21(3)4)19-24(8-2)17-16-22(5)26-15-12-10-11-14-25(26)18-28/h8,10-12,14,16-17,20-21,27H,2,6-7,9,13,15,19H2,1,3-5H3/b22-16+,24-17+. The predicted octanol–water partition coefficient (Wildman–Crippen LogP) is 6.61. The molecule has 0 heterocycles. The topological polar surface area (TPSA) is 44.1 Å². The number of allylic oxidation sites excluding steroid dienone is 10. The van der Waals surface area contributed by atoms with Crippen molar-refractivity contribution in [3.8, 4) is 6.07 Å². The van der Waals surface area contributed by atoms with Gasteiger partial charge in [0.25, 0.3) is 0 Å². The van der Waals surface area contributed by atoms with Gasteiger partial charge in [0, 0.05) is 12.2 Å². The minimum Gasteiger partial charge on any atom is -0.361 e. The zero-order chi connectivity index (χ0) is 22.5. The molecular formula is C27H36N2O. The Morgan fingerprint density at radius 1 is 1.33 bits per heavy atom. The molecular weight excluding hydrogens is 368 g/mol. The summed E-state index contributed by atoms with van der Waals surface area (Å²) >= 11 is 0. The zero-order valence-corrected chi connectivity index (χ0v) is 19.0. The first kappa shape index (κ1) is 25.2. The number of aldehydes is 1. The van der Waals surface area contributed by atoms with Crippen molar-refractivity contribution in [2.45, 2.75) is 59.4 Å². The number of nitrogens with zero attached hydrogens (tertiary/aromatic N) is 2. The first-order valence-electron chi connectivity index (χ1n) is 10.8. The minimum absolute atomic E-state index is 0.192. The van der Waals surface area contributed by atoms with Gasteiger partial charge in [-0.3, -0.25) is 0 Å². The van der Waals surface area contributed by atoms with E-state index in [4.69, 9.17) is 0 Å². The highest BCUT2D eigenvalue weighted by Gasteiger charge is 2.22. The van der Waals surface area contributed by atoms with Crippen LogP contribution < -0.4 is 0 Å². The Morgan fingerprint density at radius 3 is 2.63 bits per heavy atom. The highest BCUT2D eigenvalue weighted by molar-refractivity contribution is 5.59. The normalized spacial score (nSPS) is 15.6. The van der Waals surface area contributed by atoms with Crippen LogP contribution in [0.3, 0.4) is 0 Å². The van der Waals surface area contributed by atoms with Crippen LogP contribution in [0.25, 0.3) is 0 Å². The Morgan fingerprint density at radius 2 is 2.07 bits per heavy atom. The maximum atomic E-state index is 11.8. The molecule has 0 amide bonds. The van der Waals surface area contributed by atoms with Gasteiger partial charge < -0.3 is 9.69 Å². The van der Waals surface area contributed by atoms with Gasteiger partial charge in [-0.2, -0.15) is 5.26 Å². The number of carbonyl (C=O) groups excluding carboxylic acids is 1. The monoisotopic (exact) mass is 404 g/mol. The number of nitriles is 1. The number of hydrogen-bond donors (Lipinski definition) is 0. The summed E-state index contributed by atoms with van der Waals surface area (Å²) in [6.07, 6.45) is 18.5. The average Bonchev–Trinajstić information content (AvgIpc) is 2.99. The molecule has 0 saturated heterocycles. The largest absolute Gasteiger partial charge is 0.361 e. The zero-order valence-electron chi connectivity index (χ0n) is 19.0. The molecule has 1 aliphatic carbocycles. The molecule has 0 fully saturated rings. The third-order valence-corrected chi connectivity index (χ3v) is 5.32. The fourth-order valence-electron chi connectivity index (χ4n) is 3.36. The third kappa shape index (κ3) is 7.52. The molecule has 1 aliphatic rings. The van der Waals surface area contributed by atoms with Crippen LogP contribution in [0.4, 0.5) is 0 Å². The molecule has 1 unspecified atom stereocenters. The summed E-state index contributed by atoms with van der Waals surface area (Å²) in [4.78, 5) is 13.9. The lowest BCUT2D eigenvalue weighted by Gasteiger charge is -2.34. The second kappa shape index (κ2) is 13.4. The van der Waals surface area contributed by atoms with Gasteiger partial charge in [-0.25, -0.2) is 0 Å². The quantitative estimate of drug-likeness (QED) is 0.271. The summed E-state index contributed by atoms with van der Waals surface area (Å²) in [6, 6.07) is 2.08. The Hall–Kier alpha value is -2.86. The maximum absolute atomic E-state index is 11.8. The Bertz CT molecular complexity index is 812. The molecule has 0 aromatic carbocycles. The first-order valence-corrected chi connectivity index (χ1v) is 10.8. The van der Waals surface area contributed by atoms with Crippen molar-refractivity contribution in [2.24, 2.45) is 5.92 Å². The lowest BCUT2D eigenvalue weighted by Crippen LogP contribution is -2.40. The highest BCUT2D eigenvalue weighted by Crippen LogP contribution is 2.24. The summed E-state index contributed by atoms with van der Waals surface area (Å²) < 4.78 is 0. The smallest absolute Gasteiger partial charge is 0.142 e. The maximum Gasteiger partial charge on any atom is 0.142 e. The third-order valence-electron chi connectivity index (χ3n) is 5.32. The van der Waals surface area contributed by atoms with Gasteiger partial charge in [-0.15, -0.1) is 0 Å². The van der Waals surface area contributed by atoms with E-state index in [9.17, 15) is 10.1 Å². The van der Waals surface area contributed by atoms with Crippen LogP contribution in [0.2, 0.25) is 0 Å². The van der Waals surface area contributed by atoms with Gasteiger partial charge in [0.1, 0.15) is 6.29 Å². The first-order chi connectivity index (χ1) is 14.4. The van der Waals surface area contributed by atoms with Crippen LogP contribution in [0.1, 0.15) is 53.4 Å². The van der Waals surface area contributed by atoms with Gasteiger partial charge in [-0.1, -0.05) is 76.8 Å². The van der Waals surface area contributed by atoms with E-state index in [2.05, 4.69) is 51.0 Å². The molecule has 0 saturated carbocycles. The lowest BCUT2D eigenvalue weighted by molar-refractivity contribution is -0.113. The van der Waals surface area contributed by atoms with Crippen molar-refractivity contribution in [3.05, 3.63) is 83.7 Å². The summed E-state index contributed by atoms with van der Waals surface area (Å²) in [5.41, 5.74) is 4.77. The highest BCUT2D eigenvalue weighted by atomic mass is 16.1. The summed E-state index contributed by atoms with van der Waals surface area (Å²) in [7, 11) is 0. The molecule has 0 aromatic rings. The van der Waals surface area contributed by atoms with E-state index >= 15 is 0 Å². The van der Waals surface area contributed by atoms with Crippen molar-refractivity contribution in [1.29, 1.82) is 5.26 Å². The van der Waals surface area contributed by atoms with Crippen molar-refractivity contribution < 1.29 is 4.79 Å². The van der Waals surface area contributed by atoms with Gasteiger partial charge in [0.2, 0.25) is 0 Å². The lowest BCUT2D eigenvalue weighted by atomic mass is 9.98. The number of unbranched alkanes of at least 4 members (excludes halogenated alkanes) is 1. The Balaban J connectivity index is 3.18. The van der Waals surface area contributed by atoms with Gasteiger partial charge in [-0.05, 0) is 54.9 Å². The van der Waals surface area contributed by atoms with E-state index in [0.29, 0.717) is 12.1 Å². The fraction of sp³-hybridized carbons (Fsp3) is 0.407. The molecule has 3 nitrogen and oxygen atoms in total. The van der Waals surface area contributed by atoms with Gasteiger partial charge in [0.05, 0.1) is 17.7 Å².